The molecule has 0 fully saturated rings. The number of aryl methyl sites for hydroxylation is 1. The van der Waals surface area contributed by atoms with E-state index >= 15 is 0 Å². The van der Waals surface area contributed by atoms with Gasteiger partial charge in [0.1, 0.15) is 5.75 Å². The highest BCUT2D eigenvalue weighted by atomic mass is 79.9. The van der Waals surface area contributed by atoms with Crippen molar-refractivity contribution in [2.75, 3.05) is 19.0 Å². The highest BCUT2D eigenvalue weighted by Gasteiger charge is 2.14. The largest absolute Gasteiger partial charge is 0.496 e. The van der Waals surface area contributed by atoms with E-state index in [9.17, 15) is 14.4 Å². The first-order valence-electron chi connectivity index (χ1n) is 9.70. The molecule has 2 aromatic carbocycles. The number of ketones is 1. The number of carbonyl (C=O) groups excluding carboxylic acids is 3. The van der Waals surface area contributed by atoms with E-state index in [2.05, 4.69) is 26.2 Å². The molecule has 0 bridgehead atoms. The molecule has 0 aliphatic rings. The first-order valence-corrected chi connectivity index (χ1v) is 11.4. The molecule has 1 N–H and O–H groups in total. The molecule has 166 valence electrons. The first-order chi connectivity index (χ1) is 15.4. The number of amides is 1. The zero-order valence-corrected chi connectivity index (χ0v) is 19.9. The van der Waals surface area contributed by atoms with E-state index < -0.39 is 12.6 Å². The van der Waals surface area contributed by atoms with Crippen molar-refractivity contribution in [1.82, 2.24) is 4.98 Å². The molecule has 0 radical (unpaired) electrons. The van der Waals surface area contributed by atoms with Crippen molar-refractivity contribution in [2.45, 2.75) is 19.8 Å². The Morgan fingerprint density at radius 1 is 1.09 bits per heavy atom. The van der Waals surface area contributed by atoms with Crippen molar-refractivity contribution in [3.8, 4) is 17.0 Å². The van der Waals surface area contributed by atoms with E-state index in [-0.39, 0.29) is 24.5 Å². The molecule has 32 heavy (non-hydrogen) atoms. The van der Waals surface area contributed by atoms with Crippen molar-refractivity contribution in [3.05, 3.63) is 63.4 Å². The molecule has 0 aliphatic heterocycles. The van der Waals surface area contributed by atoms with Gasteiger partial charge in [0.25, 0.3) is 0 Å². The number of halogens is 1. The highest BCUT2D eigenvalue weighted by molar-refractivity contribution is 9.10. The second-order valence-corrected chi connectivity index (χ2v) is 8.60. The van der Waals surface area contributed by atoms with Crippen LogP contribution in [0, 0.1) is 6.92 Å². The number of nitrogens with one attached hydrogen (secondary N) is 1. The van der Waals surface area contributed by atoms with Crippen LogP contribution in [0.3, 0.4) is 0 Å². The normalized spacial score (nSPS) is 10.5. The molecule has 1 amide bonds. The van der Waals surface area contributed by atoms with Gasteiger partial charge in [-0.2, -0.15) is 0 Å². The van der Waals surface area contributed by atoms with Crippen molar-refractivity contribution in [3.63, 3.8) is 0 Å². The van der Waals surface area contributed by atoms with Gasteiger partial charge in [-0.05, 0) is 41.1 Å². The van der Waals surface area contributed by atoms with Crippen molar-refractivity contribution < 1.29 is 23.9 Å². The van der Waals surface area contributed by atoms with Crippen molar-refractivity contribution in [1.29, 1.82) is 0 Å². The zero-order valence-electron chi connectivity index (χ0n) is 17.5. The first kappa shape index (κ1) is 23.6. The van der Waals surface area contributed by atoms with Crippen LogP contribution in [0.5, 0.6) is 5.75 Å². The number of anilines is 1. The number of ether oxygens (including phenoxy) is 2. The van der Waals surface area contributed by atoms with Gasteiger partial charge in [0, 0.05) is 22.9 Å². The standard InChI is InChI=1S/C23H21BrN2O5S/c1-14-3-5-15(6-4-14)18-13-32-23(25-18)26-21(28)9-10-22(29)31-12-19(27)16-7-8-20(30-2)17(24)11-16/h3-8,11,13H,9-10,12H2,1-2H3,(H,25,26,28). The van der Waals surface area contributed by atoms with Gasteiger partial charge in [-0.3, -0.25) is 14.4 Å². The van der Waals surface area contributed by atoms with Gasteiger partial charge in [-0.1, -0.05) is 29.8 Å². The lowest BCUT2D eigenvalue weighted by Gasteiger charge is -2.07. The number of Topliss-reactive ketones (excluding diaryl/α,β-unsaturated/α-hetero) is 1. The van der Waals surface area contributed by atoms with Gasteiger partial charge in [-0.15, -0.1) is 11.3 Å². The fraction of sp³-hybridized carbons (Fsp3) is 0.217. The maximum atomic E-state index is 12.2. The third kappa shape index (κ3) is 6.48. The van der Waals surface area contributed by atoms with Crippen LogP contribution in [0.15, 0.2) is 52.3 Å². The van der Waals surface area contributed by atoms with Crippen LogP contribution >= 0.6 is 27.3 Å². The average Bonchev–Trinajstić information content (AvgIpc) is 3.24. The van der Waals surface area contributed by atoms with Crippen LogP contribution in [0.2, 0.25) is 0 Å². The topological polar surface area (TPSA) is 94.6 Å². The number of methoxy groups -OCH3 is 1. The maximum Gasteiger partial charge on any atom is 0.306 e. The fourth-order valence-corrected chi connectivity index (χ4v) is 4.00. The summed E-state index contributed by atoms with van der Waals surface area (Å²) in [4.78, 5) is 40.6. The van der Waals surface area contributed by atoms with E-state index in [1.54, 1.807) is 18.2 Å². The van der Waals surface area contributed by atoms with Crippen molar-refractivity contribution in [2.24, 2.45) is 0 Å². The lowest BCUT2D eigenvalue weighted by molar-refractivity contribution is -0.143. The van der Waals surface area contributed by atoms with E-state index in [1.165, 1.54) is 18.4 Å². The molecule has 1 heterocycles. The maximum absolute atomic E-state index is 12.2. The Bertz CT molecular complexity index is 1130. The molecule has 0 spiro atoms. The number of esters is 1. The Balaban J connectivity index is 1.43. The summed E-state index contributed by atoms with van der Waals surface area (Å²) in [5, 5.41) is 5.00. The molecule has 3 rings (SSSR count). The fourth-order valence-electron chi connectivity index (χ4n) is 2.73. The highest BCUT2D eigenvalue weighted by Crippen LogP contribution is 2.26. The molecule has 0 aliphatic carbocycles. The third-order valence-corrected chi connectivity index (χ3v) is 5.87. The number of carbonyl (C=O) groups is 3. The van der Waals surface area contributed by atoms with Gasteiger partial charge in [0.05, 0.1) is 23.7 Å². The van der Waals surface area contributed by atoms with E-state index in [0.29, 0.717) is 20.9 Å². The van der Waals surface area contributed by atoms with E-state index in [4.69, 9.17) is 9.47 Å². The van der Waals surface area contributed by atoms with Gasteiger partial charge in [0.2, 0.25) is 5.91 Å². The number of rotatable bonds is 9. The van der Waals surface area contributed by atoms with Crippen LogP contribution in [0.4, 0.5) is 5.13 Å². The van der Waals surface area contributed by atoms with E-state index in [1.807, 2.05) is 36.6 Å². The smallest absolute Gasteiger partial charge is 0.306 e. The predicted octanol–water partition coefficient (Wildman–Crippen LogP) is 5.03. The number of benzene rings is 2. The molecular formula is C23H21BrN2O5S. The Morgan fingerprint density at radius 2 is 1.84 bits per heavy atom. The SMILES string of the molecule is COc1ccc(C(=O)COC(=O)CCC(=O)Nc2nc(-c3ccc(C)cc3)cs2)cc1Br. The van der Waals surface area contributed by atoms with Crippen LogP contribution in [-0.2, 0) is 14.3 Å². The average molecular weight is 517 g/mol. The van der Waals surface area contributed by atoms with E-state index in [0.717, 1.165) is 16.8 Å². The summed E-state index contributed by atoms with van der Waals surface area (Å²) < 4.78 is 10.7. The van der Waals surface area contributed by atoms with Crippen molar-refractivity contribution >= 4 is 50.1 Å². The quantitative estimate of drug-likeness (QED) is 0.316. The summed E-state index contributed by atoms with van der Waals surface area (Å²) in [7, 11) is 1.52. The van der Waals surface area contributed by atoms with Crippen LogP contribution in [-0.4, -0.2) is 36.4 Å². The number of hydrogen-bond acceptors (Lipinski definition) is 7. The van der Waals surface area contributed by atoms with Crippen LogP contribution in [0.1, 0.15) is 28.8 Å². The Labute approximate surface area is 197 Å². The van der Waals surface area contributed by atoms with Gasteiger partial charge < -0.3 is 14.8 Å². The molecule has 0 unspecified atom stereocenters. The molecule has 1 aromatic heterocycles. The van der Waals surface area contributed by atoms with Gasteiger partial charge in [0.15, 0.2) is 17.5 Å². The predicted molar refractivity (Wildman–Crippen MR) is 126 cm³/mol. The lowest BCUT2D eigenvalue weighted by atomic mass is 10.1. The molecule has 0 atom stereocenters. The zero-order chi connectivity index (χ0) is 23.1. The minimum absolute atomic E-state index is 0.0689. The molecule has 0 saturated carbocycles. The molecule has 7 nitrogen and oxygen atoms in total. The molecule has 3 aromatic rings. The number of aromatic nitrogens is 1. The summed E-state index contributed by atoms with van der Waals surface area (Å²) in [5.74, 6) is -0.730. The summed E-state index contributed by atoms with van der Waals surface area (Å²) in [6.45, 7) is 1.61. The Morgan fingerprint density at radius 3 is 2.53 bits per heavy atom. The van der Waals surface area contributed by atoms with Crippen LogP contribution in [0.25, 0.3) is 11.3 Å². The summed E-state index contributed by atoms with van der Waals surface area (Å²) in [5.41, 5.74) is 3.28. The molecule has 9 heteroatoms. The third-order valence-electron chi connectivity index (χ3n) is 4.49. The second-order valence-electron chi connectivity index (χ2n) is 6.89. The number of hydrogen-bond donors (Lipinski definition) is 1. The summed E-state index contributed by atoms with van der Waals surface area (Å²) in [6.07, 6.45) is -0.206. The summed E-state index contributed by atoms with van der Waals surface area (Å²) in [6, 6.07) is 12.8. The van der Waals surface area contributed by atoms with Gasteiger partial charge in [-0.25, -0.2) is 4.98 Å². The monoisotopic (exact) mass is 516 g/mol. The second kappa shape index (κ2) is 11.0. The molecule has 0 saturated heterocycles. The number of thiazole rings is 1. The van der Waals surface area contributed by atoms with Gasteiger partial charge >= 0.3 is 5.97 Å². The Hall–Kier alpha value is -3.04. The lowest BCUT2D eigenvalue weighted by Crippen LogP contribution is -2.17. The minimum Gasteiger partial charge on any atom is -0.496 e. The summed E-state index contributed by atoms with van der Waals surface area (Å²) >= 11 is 4.62. The number of nitrogens with zero attached hydrogens (tertiary/aromatic N) is 1. The minimum atomic E-state index is -0.624. The Kier molecular flexibility index (Phi) is 8.13. The van der Waals surface area contributed by atoms with Crippen LogP contribution < -0.4 is 10.1 Å². The molecular weight excluding hydrogens is 496 g/mol.